The van der Waals surface area contributed by atoms with Crippen LogP contribution in [0.1, 0.15) is 136 Å². The van der Waals surface area contributed by atoms with Crippen LogP contribution in [0.25, 0.3) is 0 Å². The van der Waals surface area contributed by atoms with Crippen molar-refractivity contribution in [2.45, 2.75) is 206 Å². The minimum atomic E-state index is -2.09. The molecule has 6 saturated carbocycles. The number of phenols is 1. The van der Waals surface area contributed by atoms with Gasteiger partial charge >= 0.3 is 0 Å². The van der Waals surface area contributed by atoms with Gasteiger partial charge in [-0.1, -0.05) is 129 Å². The van der Waals surface area contributed by atoms with Gasteiger partial charge in [-0.2, -0.15) is 0 Å². The highest BCUT2D eigenvalue weighted by Gasteiger charge is 2.90. The number of nitrogens with one attached hydrogen (secondary N) is 1. The second-order valence-electron chi connectivity index (χ2n) is 36.4. The van der Waals surface area contributed by atoms with Crippen molar-refractivity contribution < 1.29 is 69.8 Å². The number of carbonyl (C=O) groups excluding carboxylic acids is 2. The first-order chi connectivity index (χ1) is 47.4. The number of fused-ring (bicyclic) bond motifs is 5. The number of epoxide rings is 1. The zero-order chi connectivity index (χ0) is 68.2. The van der Waals surface area contributed by atoms with Crippen LogP contribution in [0.4, 0.5) is 5.69 Å². The van der Waals surface area contributed by atoms with Crippen molar-refractivity contribution in [2.24, 2.45) is 103 Å². The molecule has 22 rings (SSSR count). The maximum absolute atomic E-state index is 18.0. The van der Waals surface area contributed by atoms with Gasteiger partial charge in [-0.15, -0.1) is 0 Å². The summed E-state index contributed by atoms with van der Waals surface area (Å²) in [5.74, 6) is -1.94. The number of aliphatic hydroxyl groups is 8. The predicted molar refractivity (Wildman–Crippen MR) is 373 cm³/mol. The SMILES string of the molecule is CC(C)C(C)C1OC1C1(O)CC=CC23CC4C5=CC(=O)C6(CC(O)C(O)(CO)CC46C)C(O)SSCC4CC6C=CC7=CC8CC9C%10%11CC%12C=C%13C=CCOC%13CC%12C%12(CCCCC%12C=C%10C=CC9(O)C89CN(C(=O)C49C7(CO)C6)c4cc(O)cc(c4)CCC24C1CCC54OCC3O)N%11. The Kier molecular flexibility index (Phi) is 13.5. The fraction of sp³-hybridized carbons (Fsp3) is 0.704. The molecule has 18 heteroatoms. The summed E-state index contributed by atoms with van der Waals surface area (Å²) in [5.41, 5.74) is -13.3. The number of aryl methyl sites for hydroxylation is 1. The lowest BCUT2D eigenvalue weighted by molar-refractivity contribution is -0.301. The molecule has 10 fully saturated rings. The number of ether oxygens (including phenoxy) is 3. The molecule has 12 aliphatic carbocycles. The van der Waals surface area contributed by atoms with E-state index in [4.69, 9.17) is 14.2 Å². The van der Waals surface area contributed by atoms with Crippen molar-refractivity contribution in [2.75, 3.05) is 43.6 Å². The van der Waals surface area contributed by atoms with Gasteiger partial charge in [0.25, 0.3) is 0 Å². The zero-order valence-corrected chi connectivity index (χ0v) is 59.2. The van der Waals surface area contributed by atoms with E-state index in [1.165, 1.54) is 21.9 Å². The Morgan fingerprint density at radius 2 is 1.67 bits per heavy atom. The fourth-order valence-electron chi connectivity index (χ4n) is 29.5. The van der Waals surface area contributed by atoms with Crippen molar-refractivity contribution >= 4 is 39.0 Å². The van der Waals surface area contributed by atoms with Crippen LogP contribution in [0.2, 0.25) is 0 Å². The molecular formula is C81H100N2O14S2. The normalized spacial score (nSPS) is 54.9. The van der Waals surface area contributed by atoms with Gasteiger partial charge in [0.2, 0.25) is 5.91 Å². The number of ketones is 1. The summed E-state index contributed by atoms with van der Waals surface area (Å²) in [5, 5.41) is 124. The number of rotatable bonds is 5. The van der Waals surface area contributed by atoms with E-state index in [0.29, 0.717) is 67.9 Å². The van der Waals surface area contributed by atoms with E-state index < -0.39 is 126 Å². The lowest BCUT2D eigenvalue weighted by Crippen LogP contribution is -2.79. The van der Waals surface area contributed by atoms with Crippen LogP contribution in [-0.2, 0) is 30.2 Å². The highest BCUT2D eigenvalue weighted by atomic mass is 33.1. The van der Waals surface area contributed by atoms with Crippen LogP contribution in [0.3, 0.4) is 0 Å². The maximum Gasteiger partial charge on any atom is 0.235 e. The summed E-state index contributed by atoms with van der Waals surface area (Å²) in [6.07, 6.45) is 31.7. The first-order valence-electron chi connectivity index (χ1n) is 38.1. The Balaban J connectivity index is 0.800. The molecule has 29 unspecified atom stereocenters. The summed E-state index contributed by atoms with van der Waals surface area (Å²) < 4.78 is 20.8. The number of hydrogen-bond acceptors (Lipinski definition) is 17. The average molecular weight is 1390 g/mol. The maximum atomic E-state index is 18.0. The largest absolute Gasteiger partial charge is 0.508 e. The molecule has 0 aromatic heterocycles. The van der Waals surface area contributed by atoms with Crippen molar-refractivity contribution in [1.82, 2.24) is 5.32 Å². The Morgan fingerprint density at radius 3 is 2.48 bits per heavy atom. The summed E-state index contributed by atoms with van der Waals surface area (Å²) in [4.78, 5) is 36.4. The molecule has 14 bridgehead atoms. The summed E-state index contributed by atoms with van der Waals surface area (Å²) in [7, 11) is 2.53. The number of carbonyl (C=O) groups is 2. The van der Waals surface area contributed by atoms with Crippen molar-refractivity contribution in [3.05, 3.63) is 119 Å². The Hall–Kier alpha value is -3.70. The van der Waals surface area contributed by atoms with Gasteiger partial charge < -0.3 is 70.4 Å². The van der Waals surface area contributed by atoms with Crippen LogP contribution < -0.4 is 10.2 Å². The Bertz CT molecular complexity index is 4000. The van der Waals surface area contributed by atoms with E-state index in [1.54, 1.807) is 18.2 Å². The molecule has 99 heavy (non-hydrogen) atoms. The number of phenolic OH excluding ortho intramolecular Hbond substituents is 1. The van der Waals surface area contributed by atoms with Gasteiger partial charge in [0.15, 0.2) is 5.78 Å². The van der Waals surface area contributed by atoms with Crippen LogP contribution in [0.15, 0.2) is 113 Å². The molecule has 9 heterocycles. The second-order valence-corrected chi connectivity index (χ2v) is 38.9. The second kappa shape index (κ2) is 20.7. The molecule has 10 N–H and O–H groups in total. The first kappa shape index (κ1) is 64.9. The van der Waals surface area contributed by atoms with Crippen molar-refractivity contribution in [3.8, 4) is 5.75 Å². The summed E-state index contributed by atoms with van der Waals surface area (Å²) in [6.45, 7) is 7.89. The monoisotopic (exact) mass is 1390 g/mol. The van der Waals surface area contributed by atoms with Gasteiger partial charge in [0.1, 0.15) is 28.5 Å². The lowest BCUT2D eigenvalue weighted by atomic mass is 9.33. The summed E-state index contributed by atoms with van der Waals surface area (Å²) >= 11 is 0. The number of anilines is 1. The molecule has 1 aromatic carbocycles. The number of allylic oxidation sites excluding steroid dienone is 5. The van der Waals surface area contributed by atoms with Crippen LogP contribution in [0, 0.1) is 103 Å². The first-order valence-corrected chi connectivity index (χ1v) is 40.4. The molecule has 1 amide bonds. The topological polar surface area (TPSA) is 262 Å². The molecule has 530 valence electrons. The zero-order valence-electron chi connectivity index (χ0n) is 57.6. The van der Waals surface area contributed by atoms with Crippen LogP contribution in [-0.4, -0.2) is 166 Å². The van der Waals surface area contributed by atoms with Crippen molar-refractivity contribution in [1.29, 1.82) is 0 Å². The predicted octanol–water partition coefficient (Wildman–Crippen LogP) is 8.59. The number of aliphatic hydroxyl groups excluding tert-OH is 5. The van der Waals surface area contributed by atoms with Crippen LogP contribution in [0.5, 0.6) is 5.75 Å². The van der Waals surface area contributed by atoms with Gasteiger partial charge in [-0.05, 0) is 201 Å². The highest BCUT2D eigenvalue weighted by molar-refractivity contribution is 8.76. The third-order valence-corrected chi connectivity index (χ3v) is 36.1. The van der Waals surface area contributed by atoms with Gasteiger partial charge in [0, 0.05) is 63.1 Å². The smallest absolute Gasteiger partial charge is 0.235 e. The van der Waals surface area contributed by atoms with E-state index in [0.717, 1.165) is 54.9 Å². The van der Waals surface area contributed by atoms with E-state index in [9.17, 15) is 40.9 Å². The quantitative estimate of drug-likeness (QED) is 0.0752. The molecule has 1 aromatic rings. The highest BCUT2D eigenvalue weighted by Crippen LogP contribution is 2.85. The number of amides is 1. The number of hydrogen-bond donors (Lipinski definition) is 10. The van der Waals surface area contributed by atoms with E-state index in [-0.39, 0.29) is 123 Å². The molecule has 0 radical (unpaired) electrons. The minimum Gasteiger partial charge on any atom is -0.508 e. The number of aromatic hydroxyl groups is 1. The molecule has 21 aliphatic rings. The van der Waals surface area contributed by atoms with Crippen molar-refractivity contribution in [3.63, 3.8) is 0 Å². The molecule has 6 spiro atoms. The minimum absolute atomic E-state index is 0.0289. The van der Waals surface area contributed by atoms with E-state index in [2.05, 4.69) is 86.8 Å². The Morgan fingerprint density at radius 1 is 0.828 bits per heavy atom. The number of nitrogens with zero attached hydrogens (tertiary/aromatic N) is 1. The molecule has 16 nitrogen and oxygen atoms in total. The summed E-state index contributed by atoms with van der Waals surface area (Å²) in [6, 6.07) is 5.50. The number of piperidine rings is 1. The van der Waals surface area contributed by atoms with Gasteiger partial charge in [0.05, 0.1) is 78.4 Å². The number of benzene rings is 1. The molecule has 4 saturated heterocycles. The molecular weight excluding hydrogens is 1290 g/mol. The third kappa shape index (κ3) is 7.23. The lowest BCUT2D eigenvalue weighted by Gasteiger charge is -2.73. The molecule has 29 atom stereocenters. The van der Waals surface area contributed by atoms with Gasteiger partial charge in [-0.3, -0.25) is 9.59 Å². The Labute approximate surface area is 588 Å². The van der Waals surface area contributed by atoms with Crippen LogP contribution >= 0.6 is 21.6 Å². The van der Waals surface area contributed by atoms with E-state index in [1.807, 2.05) is 24.0 Å². The van der Waals surface area contributed by atoms with Gasteiger partial charge in [-0.25, -0.2) is 0 Å². The average Bonchev–Trinajstić information content (AvgIpc) is 1.40. The fourth-order valence-corrected chi connectivity index (χ4v) is 32.5. The third-order valence-electron chi connectivity index (χ3n) is 33.5. The van der Waals surface area contributed by atoms with E-state index >= 15 is 14.7 Å². The molecule has 9 aliphatic heterocycles. The standard InChI is InChI=1S/C81H100N2O14S2/c1-43(2)44(3)65-66(97-65)76(93)18-8-16-70-35-58-57-32-62(87)73(36-63(88)72(92,42-85)39-69(58,73)4)68(91)99-98-38-53-23-46-11-12-49-27-52-29-61-75-34-48-26-47-9-7-22-95-59(47)31-56(48)74(82-75)17-6-5-10-50(74)28-51(75)14-20-79(61,94)78(52)40-83(67(90)81(53,78)71(49,33-46)41-84)54-24-45(25-55(86)30-54)13-19-77(70)60(76)15-21-80(57,77)96-37-64(70)89/h7-9,11-12,14,16,20,24-28,30,32,43-44,46,48,50,52-53,56,58-61,63-66,68,82,84-86,88-89,91-94H,5-6,10,13,15,17-19,21-23,29,31,33-42H2,1-4H3.